The molecule has 1 saturated carbocycles. The monoisotopic (exact) mass is 345 g/mol. The third-order valence-corrected chi connectivity index (χ3v) is 3.72. The van der Waals surface area contributed by atoms with Crippen molar-refractivity contribution in [1.29, 1.82) is 0 Å². The molecule has 0 aliphatic heterocycles. The number of allylic oxidation sites excluding steroid dienone is 1. The van der Waals surface area contributed by atoms with Gasteiger partial charge in [0.2, 0.25) is 5.82 Å². The van der Waals surface area contributed by atoms with E-state index in [-0.39, 0.29) is 17.6 Å². The number of ether oxygens (including phenoxy) is 1. The molecule has 1 heterocycles. The van der Waals surface area contributed by atoms with Gasteiger partial charge >= 0.3 is 0 Å². The van der Waals surface area contributed by atoms with Crippen molar-refractivity contribution in [2.45, 2.75) is 18.9 Å². The molecule has 0 atom stereocenters. The maximum absolute atomic E-state index is 6.30. The molecule has 1 aromatic heterocycles. The van der Waals surface area contributed by atoms with Gasteiger partial charge in [-0.05, 0) is 36.3 Å². The number of aliphatic imine (C=N–C) groups is 1. The molecule has 0 unspecified atom stereocenters. The van der Waals surface area contributed by atoms with Crippen molar-refractivity contribution in [3.63, 3.8) is 0 Å². The molecule has 1 aliphatic rings. The summed E-state index contributed by atoms with van der Waals surface area (Å²) in [6, 6.07) is 5.31. The SMILES string of the molecule is C=C(/C(N)=C(\N=C/N)c1ccc(OC2CC2)c(Cl)c1)c1nn[nH]n1. The molecule has 1 aliphatic carbocycles. The van der Waals surface area contributed by atoms with E-state index >= 15 is 0 Å². The van der Waals surface area contributed by atoms with Crippen molar-refractivity contribution in [3.05, 3.63) is 46.9 Å². The molecule has 8 nitrogen and oxygen atoms in total. The number of hydrogen-bond acceptors (Lipinski definition) is 6. The zero-order valence-corrected chi connectivity index (χ0v) is 13.5. The Morgan fingerprint density at radius 1 is 1.46 bits per heavy atom. The van der Waals surface area contributed by atoms with Crippen molar-refractivity contribution < 1.29 is 4.74 Å². The zero-order chi connectivity index (χ0) is 17.1. The highest BCUT2D eigenvalue weighted by atomic mass is 35.5. The van der Waals surface area contributed by atoms with Crippen LogP contribution in [0.1, 0.15) is 24.2 Å². The van der Waals surface area contributed by atoms with Crippen molar-refractivity contribution in [2.24, 2.45) is 16.5 Å². The topological polar surface area (TPSA) is 128 Å². The molecule has 1 aromatic carbocycles. The number of nitrogens with one attached hydrogen (secondary N) is 1. The van der Waals surface area contributed by atoms with Gasteiger partial charge in [0.1, 0.15) is 5.75 Å². The highest BCUT2D eigenvalue weighted by Crippen LogP contribution is 2.35. The number of nitrogens with two attached hydrogens (primary N) is 2. The average molecular weight is 346 g/mol. The Morgan fingerprint density at radius 2 is 2.25 bits per heavy atom. The second kappa shape index (κ2) is 6.71. The van der Waals surface area contributed by atoms with Crippen LogP contribution in [0.3, 0.4) is 0 Å². The van der Waals surface area contributed by atoms with Crippen LogP contribution in [-0.4, -0.2) is 33.1 Å². The fraction of sp³-hybridized carbons (Fsp3) is 0.200. The first-order valence-electron chi connectivity index (χ1n) is 7.24. The quantitative estimate of drug-likeness (QED) is 0.415. The number of H-pyrrole nitrogens is 1. The number of rotatable bonds is 6. The predicted octanol–water partition coefficient (Wildman–Crippen LogP) is 1.72. The normalized spacial score (nSPS) is 15.4. The fourth-order valence-electron chi connectivity index (χ4n) is 2.04. The van der Waals surface area contributed by atoms with Gasteiger partial charge in [-0.3, -0.25) is 0 Å². The van der Waals surface area contributed by atoms with E-state index in [9.17, 15) is 0 Å². The average Bonchev–Trinajstić information content (AvgIpc) is 3.22. The number of nitrogens with zero attached hydrogens (tertiary/aromatic N) is 4. The van der Waals surface area contributed by atoms with Crippen LogP contribution in [0.5, 0.6) is 5.75 Å². The Kier molecular flexibility index (Phi) is 4.48. The molecular weight excluding hydrogens is 330 g/mol. The van der Waals surface area contributed by atoms with Gasteiger partial charge in [-0.1, -0.05) is 18.2 Å². The summed E-state index contributed by atoms with van der Waals surface area (Å²) in [5, 5.41) is 14.0. The van der Waals surface area contributed by atoms with Crippen molar-refractivity contribution in [2.75, 3.05) is 0 Å². The molecule has 124 valence electrons. The Bertz CT molecular complexity index is 809. The van der Waals surface area contributed by atoms with E-state index in [0.29, 0.717) is 27.6 Å². The van der Waals surface area contributed by atoms with E-state index in [4.69, 9.17) is 27.8 Å². The largest absolute Gasteiger partial charge is 0.489 e. The van der Waals surface area contributed by atoms with Crippen LogP contribution in [0.2, 0.25) is 5.02 Å². The third-order valence-electron chi connectivity index (χ3n) is 3.42. The van der Waals surface area contributed by atoms with E-state index in [1.54, 1.807) is 12.1 Å². The molecule has 5 N–H and O–H groups in total. The van der Waals surface area contributed by atoms with Gasteiger partial charge in [-0.2, -0.15) is 5.21 Å². The maximum Gasteiger partial charge on any atom is 0.206 e. The Morgan fingerprint density at radius 3 is 2.83 bits per heavy atom. The summed E-state index contributed by atoms with van der Waals surface area (Å²) >= 11 is 6.30. The minimum absolute atomic E-state index is 0.258. The van der Waals surface area contributed by atoms with E-state index in [1.807, 2.05) is 6.07 Å². The number of hydrogen-bond donors (Lipinski definition) is 3. The number of aromatic amines is 1. The lowest BCUT2D eigenvalue weighted by atomic mass is 10.1. The van der Waals surface area contributed by atoms with Gasteiger partial charge in [0, 0.05) is 11.1 Å². The lowest BCUT2D eigenvalue weighted by Crippen LogP contribution is -2.06. The second-order valence-corrected chi connectivity index (χ2v) is 5.62. The summed E-state index contributed by atoms with van der Waals surface area (Å²) in [7, 11) is 0. The molecule has 0 saturated heterocycles. The van der Waals surface area contributed by atoms with Crippen LogP contribution in [0.15, 0.2) is 35.5 Å². The van der Waals surface area contributed by atoms with Crippen LogP contribution in [0, 0.1) is 0 Å². The molecule has 0 spiro atoms. The van der Waals surface area contributed by atoms with Crippen LogP contribution in [0.25, 0.3) is 11.3 Å². The lowest BCUT2D eigenvalue weighted by molar-refractivity contribution is 0.303. The molecule has 9 heteroatoms. The number of tetrazole rings is 1. The van der Waals surface area contributed by atoms with Gasteiger partial charge in [-0.15, -0.1) is 10.2 Å². The predicted molar refractivity (Wildman–Crippen MR) is 92.1 cm³/mol. The highest BCUT2D eigenvalue weighted by molar-refractivity contribution is 6.32. The second-order valence-electron chi connectivity index (χ2n) is 5.22. The first-order valence-corrected chi connectivity index (χ1v) is 7.61. The summed E-state index contributed by atoms with van der Waals surface area (Å²) in [5.74, 6) is 0.909. The summed E-state index contributed by atoms with van der Waals surface area (Å²) in [4.78, 5) is 4.13. The van der Waals surface area contributed by atoms with Gasteiger partial charge in [0.15, 0.2) is 0 Å². The molecule has 1 fully saturated rings. The maximum atomic E-state index is 6.30. The van der Waals surface area contributed by atoms with Crippen LogP contribution in [0.4, 0.5) is 0 Å². The van der Waals surface area contributed by atoms with Crippen LogP contribution in [-0.2, 0) is 0 Å². The smallest absolute Gasteiger partial charge is 0.206 e. The van der Waals surface area contributed by atoms with Crippen molar-refractivity contribution in [3.8, 4) is 5.75 Å². The van der Waals surface area contributed by atoms with Gasteiger partial charge < -0.3 is 16.2 Å². The molecular formula is C15H16ClN7O. The summed E-state index contributed by atoms with van der Waals surface area (Å²) < 4.78 is 5.73. The van der Waals surface area contributed by atoms with E-state index < -0.39 is 0 Å². The minimum atomic E-state index is 0.258. The van der Waals surface area contributed by atoms with Crippen LogP contribution >= 0.6 is 11.6 Å². The van der Waals surface area contributed by atoms with Crippen molar-refractivity contribution >= 4 is 29.2 Å². The summed E-state index contributed by atoms with van der Waals surface area (Å²) in [6.07, 6.45) is 3.51. The molecule has 24 heavy (non-hydrogen) atoms. The van der Waals surface area contributed by atoms with Crippen LogP contribution < -0.4 is 16.2 Å². The summed E-state index contributed by atoms with van der Waals surface area (Å²) in [5.41, 5.74) is 13.3. The Hall–Kier alpha value is -2.87. The van der Waals surface area contributed by atoms with Gasteiger partial charge in [-0.25, -0.2) is 4.99 Å². The number of halogens is 1. The van der Waals surface area contributed by atoms with Crippen molar-refractivity contribution in [1.82, 2.24) is 20.6 Å². The first-order chi connectivity index (χ1) is 11.6. The van der Waals surface area contributed by atoms with E-state index in [2.05, 4.69) is 32.2 Å². The van der Waals surface area contributed by atoms with E-state index in [1.165, 1.54) is 0 Å². The minimum Gasteiger partial charge on any atom is -0.489 e. The first kappa shape index (κ1) is 16.0. The summed E-state index contributed by atoms with van der Waals surface area (Å²) in [6.45, 7) is 3.87. The van der Waals surface area contributed by atoms with Gasteiger partial charge in [0.25, 0.3) is 0 Å². The fourth-order valence-corrected chi connectivity index (χ4v) is 2.26. The van der Waals surface area contributed by atoms with Gasteiger partial charge in [0.05, 0.1) is 28.9 Å². The third kappa shape index (κ3) is 3.38. The molecule has 3 rings (SSSR count). The molecule has 0 amide bonds. The Balaban J connectivity index is 1.96. The highest BCUT2D eigenvalue weighted by Gasteiger charge is 2.24. The zero-order valence-electron chi connectivity index (χ0n) is 12.7. The number of benzene rings is 1. The molecule has 0 radical (unpaired) electrons. The number of aromatic nitrogens is 4. The molecule has 2 aromatic rings. The van der Waals surface area contributed by atoms with E-state index in [0.717, 1.165) is 19.2 Å². The Labute approximate surface area is 143 Å². The standard InChI is InChI=1S/C15H16ClN7O/c1-8(15-20-22-23-21-15)13(18)14(19-7-17)9-2-5-12(11(16)6-9)24-10-3-4-10/h2,5-7,10H,1,3-4,18H2,(H2,17,19)(H,20,21,22,23)/b14-13+. The lowest BCUT2D eigenvalue weighted by Gasteiger charge is -2.11. The molecule has 0 bridgehead atoms.